The molecule has 234 valence electrons. The average Bonchev–Trinajstić information content (AvgIpc) is 3.31. The summed E-state index contributed by atoms with van der Waals surface area (Å²) in [5, 5.41) is -0.950. The fraction of sp³-hybridized carbons (Fsp3) is 0.800. The lowest BCUT2D eigenvalue weighted by Crippen LogP contribution is -2.48. The van der Waals surface area contributed by atoms with Gasteiger partial charge in [-0.05, 0) is 32.8 Å². The van der Waals surface area contributed by atoms with Crippen LogP contribution in [-0.4, -0.2) is 134 Å². The first-order chi connectivity index (χ1) is 19.1. The molecule has 0 spiro atoms. The molecule has 0 amide bonds. The van der Waals surface area contributed by atoms with Crippen molar-refractivity contribution >= 4 is 72.5 Å². The quantitative estimate of drug-likeness (QED) is 0.202. The highest BCUT2D eigenvalue weighted by atomic mass is 35.5. The summed E-state index contributed by atoms with van der Waals surface area (Å²) in [7, 11) is -8.37. The number of rotatable bonds is 10. The van der Waals surface area contributed by atoms with Crippen LogP contribution in [0, 0.1) is 0 Å². The highest BCUT2D eigenvalue weighted by molar-refractivity contribution is 7.86. The molecule has 0 aromatic rings. The molecule has 2 aliphatic heterocycles. The summed E-state index contributed by atoms with van der Waals surface area (Å²) in [6.07, 6.45) is 8.15. The lowest BCUT2D eigenvalue weighted by Gasteiger charge is -2.37. The fourth-order valence-corrected chi connectivity index (χ4v) is 8.87. The molecule has 0 aromatic carbocycles. The van der Waals surface area contributed by atoms with E-state index < -0.39 is 31.7 Å². The normalized spacial score (nSPS) is 35.6. The Labute approximate surface area is 263 Å². The highest BCUT2D eigenvalue weighted by Gasteiger charge is 2.52. The van der Waals surface area contributed by atoms with Crippen LogP contribution in [0.1, 0.15) is 39.5 Å². The Kier molecular flexibility index (Phi) is 10.8. The first-order valence-corrected chi connectivity index (χ1v) is 18.9. The summed E-state index contributed by atoms with van der Waals surface area (Å²) in [4.78, 5) is 6.38. The van der Waals surface area contributed by atoms with Gasteiger partial charge in [-0.1, -0.05) is 6.08 Å². The average molecular weight is 698 g/mol. The van der Waals surface area contributed by atoms with E-state index in [1.165, 1.54) is 0 Å². The Bertz CT molecular complexity index is 1280. The van der Waals surface area contributed by atoms with Crippen molar-refractivity contribution in [2.75, 3.05) is 37.7 Å². The third-order valence-electron chi connectivity index (χ3n) is 8.67. The van der Waals surface area contributed by atoms with Crippen LogP contribution in [0.5, 0.6) is 0 Å². The molecule has 1 saturated heterocycles. The van der Waals surface area contributed by atoms with Crippen LogP contribution >= 0.6 is 46.4 Å². The third kappa shape index (κ3) is 7.61. The molecule has 0 radical (unpaired) electrons. The van der Waals surface area contributed by atoms with Crippen molar-refractivity contribution in [1.29, 1.82) is 0 Å². The van der Waals surface area contributed by atoms with E-state index in [1.54, 1.807) is 0 Å². The molecule has 2 heterocycles. The molecule has 2 N–H and O–H groups in total. The second-order valence-electron chi connectivity index (χ2n) is 11.0. The molecular weight excluding hydrogens is 658 g/mol. The van der Waals surface area contributed by atoms with Gasteiger partial charge in [0.15, 0.2) is 0 Å². The van der Waals surface area contributed by atoms with E-state index in [1.807, 2.05) is 41.6 Å². The monoisotopic (exact) mass is 695 g/mol. The van der Waals surface area contributed by atoms with Crippen LogP contribution < -0.4 is 0 Å². The topological polar surface area (TPSA) is 121 Å². The molecule has 2 aliphatic carbocycles. The number of likely N-dealkylation sites (N-methyl/N-ethyl adjacent to an activating group) is 2. The van der Waals surface area contributed by atoms with Gasteiger partial charge in [-0.15, -0.1) is 46.4 Å². The van der Waals surface area contributed by atoms with E-state index >= 15 is 0 Å². The minimum atomic E-state index is -4.19. The zero-order chi connectivity index (χ0) is 30.3. The Hall–Kier alpha value is -0.470. The van der Waals surface area contributed by atoms with E-state index in [-0.39, 0.29) is 58.8 Å². The maximum atomic E-state index is 11.7. The number of hydrogen-bond acceptors (Lipinski definition) is 7. The summed E-state index contributed by atoms with van der Waals surface area (Å²) in [5.41, 5.74) is 0. The van der Waals surface area contributed by atoms with Crippen molar-refractivity contribution in [2.45, 2.75) is 85.2 Å². The smallest absolute Gasteiger partial charge is 0.272 e. The van der Waals surface area contributed by atoms with E-state index in [9.17, 15) is 25.9 Å². The lowest BCUT2D eigenvalue weighted by atomic mass is 9.89. The van der Waals surface area contributed by atoms with Crippen molar-refractivity contribution in [1.82, 2.24) is 14.7 Å². The van der Waals surface area contributed by atoms with Crippen LogP contribution in [0.4, 0.5) is 0 Å². The number of halogens is 4. The predicted molar refractivity (Wildman–Crippen MR) is 164 cm³/mol. The maximum Gasteiger partial charge on any atom is 0.272 e. The Morgan fingerprint density at radius 2 is 1.29 bits per heavy atom. The van der Waals surface area contributed by atoms with E-state index in [4.69, 9.17) is 46.4 Å². The number of hydrogen-bond donors (Lipinski definition) is 2. The molecule has 0 aromatic heterocycles. The van der Waals surface area contributed by atoms with Gasteiger partial charge in [-0.25, -0.2) is 0 Å². The molecule has 2 saturated carbocycles. The molecule has 16 heteroatoms. The van der Waals surface area contributed by atoms with Gasteiger partial charge >= 0.3 is 0 Å². The number of allylic oxidation sites excluding steroid dienone is 2. The van der Waals surface area contributed by atoms with Gasteiger partial charge in [-0.3, -0.25) is 18.6 Å². The van der Waals surface area contributed by atoms with Crippen molar-refractivity contribution in [3.05, 3.63) is 24.0 Å². The number of nitrogens with zero attached hydrogens (tertiary/aromatic N) is 4. The van der Waals surface area contributed by atoms with E-state index in [2.05, 4.69) is 9.80 Å². The molecule has 10 nitrogen and oxygen atoms in total. The van der Waals surface area contributed by atoms with Crippen LogP contribution in [0.3, 0.4) is 0 Å². The van der Waals surface area contributed by atoms with Gasteiger partial charge in [0.25, 0.3) is 26.1 Å². The number of amidine groups is 1. The van der Waals surface area contributed by atoms with Gasteiger partial charge < -0.3 is 9.80 Å². The largest absolute Gasteiger partial charge is 0.353 e. The maximum absolute atomic E-state index is 11.7. The van der Waals surface area contributed by atoms with Crippen LogP contribution in [-0.2, 0) is 20.2 Å². The van der Waals surface area contributed by atoms with E-state index in [0.717, 1.165) is 11.7 Å². The first kappa shape index (κ1) is 33.4. The predicted octanol–water partition coefficient (Wildman–Crippen LogP) is 3.04. The Balaban J connectivity index is 1.71. The minimum absolute atomic E-state index is 0.0419. The third-order valence-corrected chi connectivity index (χ3v) is 12.3. The minimum Gasteiger partial charge on any atom is -0.353 e. The first-order valence-electron chi connectivity index (χ1n) is 13.9. The van der Waals surface area contributed by atoms with Crippen molar-refractivity contribution < 1.29 is 30.5 Å². The number of fused-ring (bicyclic) bond motifs is 2. The van der Waals surface area contributed by atoms with E-state index in [0.29, 0.717) is 38.8 Å². The molecule has 0 bridgehead atoms. The zero-order valence-corrected chi connectivity index (χ0v) is 27.7. The van der Waals surface area contributed by atoms with Gasteiger partial charge in [0.2, 0.25) is 0 Å². The van der Waals surface area contributed by atoms with Gasteiger partial charge in [0, 0.05) is 32.0 Å². The summed E-state index contributed by atoms with van der Waals surface area (Å²) in [5.74, 6) is 0.780. The molecule has 3 fully saturated rings. The molecule has 4 rings (SSSR count). The molecule has 41 heavy (non-hydrogen) atoms. The van der Waals surface area contributed by atoms with Crippen molar-refractivity contribution in [3.8, 4) is 0 Å². The fourth-order valence-electron chi connectivity index (χ4n) is 6.88. The van der Waals surface area contributed by atoms with Gasteiger partial charge in [-0.2, -0.15) is 16.8 Å². The van der Waals surface area contributed by atoms with Gasteiger partial charge in [0.1, 0.15) is 30.2 Å². The molecule has 8 atom stereocenters. The standard InChI is InChI=1S/C25H38Cl4N4O6S2/c1-3-30-20-12-16(26)18(28)14-22(20)32(8-10-40(34,35)36)24(30)6-5-7-25-31(4-2)21-13-17(27)19(29)15-23(21)33(25)9-11-41(37,38)39/h5-7,16-23H,3-4,8-15H2,1-2H3,(H-,34,35,36,37,38,39)/p+1. The highest BCUT2D eigenvalue weighted by Crippen LogP contribution is 2.42. The second-order valence-corrected chi connectivity index (χ2v) is 16.4. The number of alkyl halides is 4. The SMILES string of the molecule is CCN1C(=CC=CC2=[N+](CCS(=O)(=O)O)C3CC(Cl)C(Cl)CC3N2CC)N(CCS(=O)(=O)O)C2CC(Cl)C(Cl)CC21. The van der Waals surface area contributed by atoms with Crippen molar-refractivity contribution in [3.63, 3.8) is 0 Å². The summed E-state index contributed by atoms with van der Waals surface area (Å²) >= 11 is 26.2. The molecular formula is C25H39Cl4N4O6S2+. The van der Waals surface area contributed by atoms with Crippen LogP contribution in [0.25, 0.3) is 0 Å². The lowest BCUT2D eigenvalue weighted by molar-refractivity contribution is -0.557. The van der Waals surface area contributed by atoms with Gasteiger partial charge in [0.05, 0.1) is 45.9 Å². The summed E-state index contributed by atoms with van der Waals surface area (Å²) in [6, 6.07) is -0.0355. The van der Waals surface area contributed by atoms with Crippen LogP contribution in [0.2, 0.25) is 0 Å². The molecule has 4 aliphatic rings. The van der Waals surface area contributed by atoms with Crippen molar-refractivity contribution in [2.24, 2.45) is 0 Å². The zero-order valence-electron chi connectivity index (χ0n) is 23.1. The summed E-state index contributed by atoms with van der Waals surface area (Å²) < 4.78 is 67.6. The summed E-state index contributed by atoms with van der Waals surface area (Å²) in [6.45, 7) is 5.57. The Morgan fingerprint density at radius 1 is 0.780 bits per heavy atom. The second kappa shape index (κ2) is 13.3. The molecule has 8 unspecified atom stereocenters. The Morgan fingerprint density at radius 3 is 1.83 bits per heavy atom. The van der Waals surface area contributed by atoms with Crippen LogP contribution in [0.15, 0.2) is 24.0 Å².